The number of hydrogen-bond acceptors (Lipinski definition) is 6. The summed E-state index contributed by atoms with van der Waals surface area (Å²) < 4.78 is 6.23. The van der Waals surface area contributed by atoms with Crippen LogP contribution in [0, 0.1) is 6.92 Å². The largest absolute Gasteiger partial charge is 0.497 e. The van der Waals surface area contributed by atoms with E-state index in [1.165, 1.54) is 11.3 Å². The van der Waals surface area contributed by atoms with Crippen molar-refractivity contribution in [2.75, 3.05) is 44.9 Å². The molecule has 5 nitrogen and oxygen atoms in total. The van der Waals surface area contributed by atoms with Gasteiger partial charge in [-0.2, -0.15) is 0 Å². The van der Waals surface area contributed by atoms with E-state index in [1.54, 1.807) is 18.9 Å². The van der Waals surface area contributed by atoms with Gasteiger partial charge in [0.05, 0.1) is 17.3 Å². The van der Waals surface area contributed by atoms with Gasteiger partial charge < -0.3 is 9.64 Å². The molecule has 0 unspecified atom stereocenters. The summed E-state index contributed by atoms with van der Waals surface area (Å²) >= 11 is 9.46. The first-order valence-corrected chi connectivity index (χ1v) is 11.8. The molecule has 0 radical (unpaired) electrons. The summed E-state index contributed by atoms with van der Waals surface area (Å²) in [5.74, 6) is 1.62. The van der Waals surface area contributed by atoms with Crippen LogP contribution in [0.25, 0.3) is 10.2 Å². The van der Waals surface area contributed by atoms with Crippen molar-refractivity contribution in [3.05, 3.63) is 47.0 Å². The fraction of sp³-hybridized carbons (Fsp3) is 0.364. The number of methoxy groups -OCH3 is 1. The average Bonchev–Trinajstić information content (AvgIpc) is 3.16. The number of benzene rings is 2. The molecule has 30 heavy (non-hydrogen) atoms. The number of hydrogen-bond donors (Lipinski definition) is 0. The summed E-state index contributed by atoms with van der Waals surface area (Å²) in [5.41, 5.74) is 1.82. The van der Waals surface area contributed by atoms with Crippen LogP contribution in [0.1, 0.15) is 12.0 Å². The van der Waals surface area contributed by atoms with Crippen molar-refractivity contribution in [3.63, 3.8) is 0 Å². The number of carbonyl (C=O) groups excluding carboxylic acids is 1. The SMILES string of the molecule is COc1ccc(SCCC(=O)N(CCN(C)C)c2nc3c(C)c(Cl)ccc3s2)cc1. The molecule has 0 saturated heterocycles. The highest BCUT2D eigenvalue weighted by Gasteiger charge is 2.20. The third kappa shape index (κ3) is 5.66. The Hall–Kier alpha value is -1.80. The van der Waals surface area contributed by atoms with Crippen LogP contribution < -0.4 is 9.64 Å². The Morgan fingerprint density at radius 1 is 1.17 bits per heavy atom. The molecule has 0 atom stereocenters. The fourth-order valence-corrected chi connectivity index (χ4v) is 4.96. The van der Waals surface area contributed by atoms with Gasteiger partial charge in [0.25, 0.3) is 0 Å². The molecule has 0 bridgehead atoms. The van der Waals surface area contributed by atoms with E-state index in [1.807, 2.05) is 62.3 Å². The zero-order valence-corrected chi connectivity index (χ0v) is 20.0. The number of likely N-dealkylation sites (N-methyl/N-ethyl adjacent to an activating group) is 1. The molecule has 0 fully saturated rings. The zero-order valence-electron chi connectivity index (χ0n) is 17.6. The number of amides is 1. The first-order chi connectivity index (χ1) is 14.4. The number of halogens is 1. The highest BCUT2D eigenvalue weighted by molar-refractivity contribution is 7.99. The van der Waals surface area contributed by atoms with E-state index < -0.39 is 0 Å². The molecule has 3 aromatic rings. The van der Waals surface area contributed by atoms with Gasteiger partial charge in [0, 0.05) is 35.2 Å². The van der Waals surface area contributed by atoms with Crippen molar-refractivity contribution in [2.24, 2.45) is 0 Å². The lowest BCUT2D eigenvalue weighted by atomic mass is 10.2. The van der Waals surface area contributed by atoms with Crippen molar-refractivity contribution in [1.29, 1.82) is 0 Å². The van der Waals surface area contributed by atoms with Crippen molar-refractivity contribution in [2.45, 2.75) is 18.2 Å². The lowest BCUT2D eigenvalue weighted by Gasteiger charge is -2.22. The quantitative estimate of drug-likeness (QED) is 0.400. The van der Waals surface area contributed by atoms with Gasteiger partial charge in [-0.1, -0.05) is 22.9 Å². The minimum atomic E-state index is 0.0840. The number of nitrogens with zero attached hydrogens (tertiary/aromatic N) is 3. The van der Waals surface area contributed by atoms with Crippen LogP contribution in [0.4, 0.5) is 5.13 Å². The maximum absolute atomic E-state index is 13.1. The Morgan fingerprint density at radius 2 is 1.90 bits per heavy atom. The van der Waals surface area contributed by atoms with Gasteiger partial charge in [0.15, 0.2) is 5.13 Å². The number of anilines is 1. The normalized spacial score (nSPS) is 11.3. The van der Waals surface area contributed by atoms with E-state index in [-0.39, 0.29) is 5.91 Å². The van der Waals surface area contributed by atoms with Crippen LogP contribution in [0.15, 0.2) is 41.3 Å². The molecule has 1 amide bonds. The van der Waals surface area contributed by atoms with Gasteiger partial charge >= 0.3 is 0 Å². The predicted octanol–water partition coefficient (Wildman–Crippen LogP) is 5.34. The highest BCUT2D eigenvalue weighted by Crippen LogP contribution is 2.34. The monoisotopic (exact) mass is 463 g/mol. The predicted molar refractivity (Wildman–Crippen MR) is 129 cm³/mol. The van der Waals surface area contributed by atoms with E-state index in [2.05, 4.69) is 4.90 Å². The topological polar surface area (TPSA) is 45.7 Å². The third-order valence-corrected chi connectivity index (χ3v) is 7.15. The maximum atomic E-state index is 13.1. The number of aromatic nitrogens is 1. The summed E-state index contributed by atoms with van der Waals surface area (Å²) in [6, 6.07) is 11.7. The highest BCUT2D eigenvalue weighted by atomic mass is 35.5. The lowest BCUT2D eigenvalue weighted by molar-refractivity contribution is -0.118. The molecule has 1 aromatic heterocycles. The van der Waals surface area contributed by atoms with Crippen LogP contribution in [-0.4, -0.2) is 55.8 Å². The number of fused-ring (bicyclic) bond motifs is 1. The molecule has 3 rings (SSSR count). The summed E-state index contributed by atoms with van der Waals surface area (Å²) in [5, 5.41) is 1.43. The Balaban J connectivity index is 1.72. The van der Waals surface area contributed by atoms with E-state index in [0.717, 1.165) is 38.1 Å². The molecule has 8 heteroatoms. The second kappa shape index (κ2) is 10.5. The van der Waals surface area contributed by atoms with Crippen molar-refractivity contribution in [1.82, 2.24) is 9.88 Å². The molecule has 2 aromatic carbocycles. The van der Waals surface area contributed by atoms with Crippen molar-refractivity contribution < 1.29 is 9.53 Å². The van der Waals surface area contributed by atoms with Gasteiger partial charge in [0.2, 0.25) is 5.91 Å². The van der Waals surface area contributed by atoms with Crippen molar-refractivity contribution in [3.8, 4) is 5.75 Å². The summed E-state index contributed by atoms with van der Waals surface area (Å²) in [4.78, 5) is 22.9. The van der Waals surface area contributed by atoms with Crippen molar-refractivity contribution >= 4 is 56.0 Å². The first-order valence-electron chi connectivity index (χ1n) is 9.66. The van der Waals surface area contributed by atoms with Crippen LogP contribution in [0.2, 0.25) is 5.02 Å². The number of rotatable bonds is 9. The van der Waals surface area contributed by atoms with E-state index in [4.69, 9.17) is 21.3 Å². The van der Waals surface area contributed by atoms with E-state index >= 15 is 0 Å². The summed E-state index contributed by atoms with van der Waals surface area (Å²) in [6.07, 6.45) is 0.444. The van der Waals surface area contributed by atoms with Crippen LogP contribution in [0.3, 0.4) is 0 Å². The summed E-state index contributed by atoms with van der Waals surface area (Å²) in [7, 11) is 5.66. The molecule has 0 aliphatic heterocycles. The van der Waals surface area contributed by atoms with Gasteiger partial charge in [0.1, 0.15) is 5.75 Å². The Labute approximate surface area is 191 Å². The van der Waals surface area contributed by atoms with E-state index in [0.29, 0.717) is 23.7 Å². The molecule has 0 N–H and O–H groups in total. The molecule has 0 saturated carbocycles. The van der Waals surface area contributed by atoms with Crippen LogP contribution in [-0.2, 0) is 4.79 Å². The number of thioether (sulfide) groups is 1. The number of carbonyl (C=O) groups is 1. The number of ether oxygens (including phenoxy) is 1. The Kier molecular flexibility index (Phi) is 7.99. The lowest BCUT2D eigenvalue weighted by Crippen LogP contribution is -2.36. The molecule has 160 valence electrons. The number of thiazole rings is 1. The molecule has 1 heterocycles. The van der Waals surface area contributed by atoms with Gasteiger partial charge in [-0.05, 0) is 63.0 Å². The minimum Gasteiger partial charge on any atom is -0.497 e. The molecule has 0 aliphatic rings. The van der Waals surface area contributed by atoms with Crippen LogP contribution in [0.5, 0.6) is 5.75 Å². The Morgan fingerprint density at radius 3 is 2.57 bits per heavy atom. The maximum Gasteiger partial charge on any atom is 0.229 e. The molecular weight excluding hydrogens is 438 g/mol. The zero-order chi connectivity index (χ0) is 21.7. The summed E-state index contributed by atoms with van der Waals surface area (Å²) in [6.45, 7) is 3.34. The fourth-order valence-electron chi connectivity index (χ4n) is 2.89. The van der Waals surface area contributed by atoms with Crippen LogP contribution >= 0.6 is 34.7 Å². The number of aryl methyl sites for hydroxylation is 1. The molecular formula is C22H26ClN3O2S2. The van der Waals surface area contributed by atoms with Gasteiger partial charge in [-0.3, -0.25) is 9.69 Å². The Bertz CT molecular complexity index is 1010. The van der Waals surface area contributed by atoms with Gasteiger partial charge in [-0.25, -0.2) is 4.98 Å². The second-order valence-corrected chi connectivity index (χ2v) is 9.72. The average molecular weight is 464 g/mol. The first kappa shape index (κ1) is 22.9. The van der Waals surface area contributed by atoms with Gasteiger partial charge in [-0.15, -0.1) is 11.8 Å². The van der Waals surface area contributed by atoms with E-state index in [9.17, 15) is 4.79 Å². The second-order valence-electron chi connectivity index (χ2n) is 7.14. The smallest absolute Gasteiger partial charge is 0.229 e. The molecule has 0 aliphatic carbocycles. The third-order valence-electron chi connectivity index (χ3n) is 4.68. The standard InChI is InChI=1S/C22H26ClN3O2S2/c1-15-18(23)9-10-19-21(15)24-22(30-19)26(13-12-25(2)3)20(27)11-14-29-17-7-5-16(28-4)6-8-17/h5-10H,11-14H2,1-4H3. The minimum absolute atomic E-state index is 0.0840. The molecule has 0 spiro atoms.